The molecule has 1 aromatic heterocycles. The molecule has 0 aliphatic heterocycles. The van der Waals surface area contributed by atoms with Crippen LogP contribution in [0.15, 0.2) is 24.3 Å². The molecule has 1 atom stereocenters. The second-order valence-electron chi connectivity index (χ2n) is 4.64. The minimum absolute atomic E-state index is 0.0782. The van der Waals surface area contributed by atoms with Crippen LogP contribution in [0.2, 0.25) is 0 Å². The van der Waals surface area contributed by atoms with Crippen LogP contribution >= 0.6 is 19.7 Å². The number of hydrogen-bond acceptors (Lipinski definition) is 6. The molecule has 0 amide bonds. The maximum Gasteiger partial charge on any atom is 0.211 e. The molecule has 122 valence electrons. The monoisotopic (exact) mass is 343 g/mol. The Kier molecular flexibility index (Phi) is 7.02. The molecule has 0 saturated heterocycles. The van der Waals surface area contributed by atoms with Gasteiger partial charge < -0.3 is 19.0 Å². The third-order valence-corrected chi connectivity index (χ3v) is 5.74. The average Bonchev–Trinajstić information content (AvgIpc) is 2.95. The predicted molar refractivity (Wildman–Crippen MR) is 90.8 cm³/mol. The first-order chi connectivity index (χ1) is 10.7. The van der Waals surface area contributed by atoms with Crippen molar-refractivity contribution in [1.29, 1.82) is 0 Å². The van der Waals surface area contributed by atoms with E-state index in [0.29, 0.717) is 19.6 Å². The van der Waals surface area contributed by atoms with Gasteiger partial charge in [-0.15, -0.1) is 11.3 Å². The maximum atomic E-state index is 9.02. The van der Waals surface area contributed by atoms with Gasteiger partial charge in [-0.1, -0.05) is 0 Å². The zero-order valence-electron chi connectivity index (χ0n) is 13.0. The van der Waals surface area contributed by atoms with E-state index in [-0.39, 0.29) is 6.04 Å². The number of nitrogens with one attached hydrogen (secondary N) is 1. The summed E-state index contributed by atoms with van der Waals surface area (Å²) in [6.07, 6.45) is 0.425. The predicted octanol–water partition coefficient (Wildman–Crippen LogP) is 4.66. The van der Waals surface area contributed by atoms with Crippen LogP contribution in [0.3, 0.4) is 0 Å². The van der Waals surface area contributed by atoms with Crippen LogP contribution in [-0.2, 0) is 9.05 Å². The number of thiophene rings is 1. The Bertz CT molecular complexity index is 586. The van der Waals surface area contributed by atoms with E-state index in [1.807, 2.05) is 39.0 Å². The molecule has 0 fully saturated rings. The highest BCUT2D eigenvalue weighted by atomic mass is 32.1. The van der Waals surface area contributed by atoms with Gasteiger partial charge in [0.25, 0.3) is 0 Å². The van der Waals surface area contributed by atoms with Crippen molar-refractivity contribution in [2.24, 2.45) is 0 Å². The summed E-state index contributed by atoms with van der Waals surface area (Å²) in [5.41, 5.74) is 2.27. The Balaban J connectivity index is 2.05. The molecule has 5 nitrogen and oxygen atoms in total. The van der Waals surface area contributed by atoms with Crippen LogP contribution in [0.1, 0.15) is 31.7 Å². The van der Waals surface area contributed by atoms with Crippen LogP contribution in [0.25, 0.3) is 10.1 Å². The largest absolute Gasteiger partial charge is 0.484 e. The SMILES string of the molecule is CCOP(COc1ccc2sc(C(C)NO)cc2c1)OCC. The fourth-order valence-electron chi connectivity index (χ4n) is 1.94. The van der Waals surface area contributed by atoms with Crippen molar-refractivity contribution in [1.82, 2.24) is 5.48 Å². The van der Waals surface area contributed by atoms with E-state index in [9.17, 15) is 0 Å². The smallest absolute Gasteiger partial charge is 0.211 e. The summed E-state index contributed by atoms with van der Waals surface area (Å²) in [7, 11) is -0.998. The molecule has 2 N–H and O–H groups in total. The standard InChI is InChI=1S/C15H22NO4PS/c1-4-19-21(20-5-2)10-18-13-6-7-14-12(8-13)9-15(22-14)11(3)16-17/h6-9,11,16-17H,4-5,10H2,1-3H3. The molecule has 1 aromatic carbocycles. The average molecular weight is 343 g/mol. The van der Waals surface area contributed by atoms with Gasteiger partial charge in [0.1, 0.15) is 5.75 Å². The third kappa shape index (κ3) is 4.62. The summed E-state index contributed by atoms with van der Waals surface area (Å²) in [4.78, 5) is 1.08. The van der Waals surface area contributed by atoms with Crippen molar-refractivity contribution >= 4 is 29.8 Å². The Morgan fingerprint density at radius 1 is 1.23 bits per heavy atom. The van der Waals surface area contributed by atoms with Gasteiger partial charge in [-0.25, -0.2) is 0 Å². The first kappa shape index (κ1) is 17.6. The zero-order valence-corrected chi connectivity index (χ0v) is 14.7. The molecule has 0 saturated carbocycles. The number of hydroxylamine groups is 1. The number of benzene rings is 1. The van der Waals surface area contributed by atoms with Gasteiger partial charge >= 0.3 is 0 Å². The highest BCUT2D eigenvalue weighted by molar-refractivity contribution is 7.47. The number of ether oxygens (including phenoxy) is 1. The van der Waals surface area contributed by atoms with Gasteiger partial charge in [0, 0.05) is 9.58 Å². The van der Waals surface area contributed by atoms with E-state index in [2.05, 4.69) is 11.5 Å². The Labute approximate surface area is 136 Å². The minimum atomic E-state index is -0.998. The molecule has 0 bridgehead atoms. The lowest BCUT2D eigenvalue weighted by atomic mass is 10.2. The summed E-state index contributed by atoms with van der Waals surface area (Å²) in [6, 6.07) is 7.97. The van der Waals surface area contributed by atoms with Crippen molar-refractivity contribution in [3.05, 3.63) is 29.1 Å². The molecule has 0 aliphatic rings. The normalized spacial score (nSPS) is 13.0. The molecule has 22 heavy (non-hydrogen) atoms. The number of hydrogen-bond donors (Lipinski definition) is 2. The molecule has 2 rings (SSSR count). The number of fused-ring (bicyclic) bond motifs is 1. The summed E-state index contributed by atoms with van der Waals surface area (Å²) < 4.78 is 18.0. The zero-order chi connectivity index (χ0) is 15.9. The quantitative estimate of drug-likeness (QED) is 0.512. The fourth-order valence-corrected chi connectivity index (χ4v) is 4.03. The Morgan fingerprint density at radius 2 is 1.95 bits per heavy atom. The minimum Gasteiger partial charge on any atom is -0.484 e. The lowest BCUT2D eigenvalue weighted by molar-refractivity contribution is 0.135. The van der Waals surface area contributed by atoms with E-state index in [4.69, 9.17) is 19.0 Å². The molecule has 0 aliphatic carbocycles. The maximum absolute atomic E-state index is 9.02. The Hall–Kier alpha value is -0.750. The van der Waals surface area contributed by atoms with Gasteiger partial charge in [0.2, 0.25) is 8.38 Å². The first-order valence-corrected chi connectivity index (χ1v) is 9.45. The van der Waals surface area contributed by atoms with Gasteiger partial charge in [0.15, 0.2) is 6.35 Å². The lowest BCUT2D eigenvalue weighted by Gasteiger charge is -2.16. The van der Waals surface area contributed by atoms with E-state index in [1.165, 1.54) is 4.70 Å². The van der Waals surface area contributed by atoms with E-state index < -0.39 is 8.38 Å². The summed E-state index contributed by atoms with van der Waals surface area (Å²) in [6.45, 7) is 7.05. The molecule has 2 aromatic rings. The van der Waals surface area contributed by atoms with Gasteiger partial charge in [-0.05, 0) is 50.4 Å². The van der Waals surface area contributed by atoms with Crippen LogP contribution in [0.4, 0.5) is 0 Å². The molecule has 1 unspecified atom stereocenters. The van der Waals surface area contributed by atoms with Crippen molar-refractivity contribution in [2.45, 2.75) is 26.8 Å². The van der Waals surface area contributed by atoms with Crippen LogP contribution in [-0.4, -0.2) is 24.8 Å². The molecule has 0 spiro atoms. The van der Waals surface area contributed by atoms with Gasteiger partial charge in [-0.3, -0.25) is 0 Å². The Morgan fingerprint density at radius 3 is 2.59 bits per heavy atom. The highest BCUT2D eigenvalue weighted by Gasteiger charge is 2.12. The molecular formula is C15H22NO4PS. The lowest BCUT2D eigenvalue weighted by Crippen LogP contribution is -2.11. The van der Waals surface area contributed by atoms with Crippen molar-refractivity contribution in [3.63, 3.8) is 0 Å². The summed E-state index contributed by atoms with van der Waals surface area (Å²) >= 11 is 1.66. The van der Waals surface area contributed by atoms with Crippen molar-refractivity contribution in [2.75, 3.05) is 19.6 Å². The second-order valence-corrected chi connectivity index (χ2v) is 7.20. The molecule has 0 radical (unpaired) electrons. The van der Waals surface area contributed by atoms with Crippen molar-refractivity contribution in [3.8, 4) is 5.75 Å². The molecule has 7 heteroatoms. The van der Waals surface area contributed by atoms with Crippen LogP contribution in [0.5, 0.6) is 5.75 Å². The number of rotatable bonds is 9. The van der Waals surface area contributed by atoms with E-state index >= 15 is 0 Å². The molecule has 1 heterocycles. The highest BCUT2D eigenvalue weighted by Crippen LogP contribution is 2.39. The fraction of sp³-hybridized carbons (Fsp3) is 0.467. The molecular weight excluding hydrogens is 321 g/mol. The van der Waals surface area contributed by atoms with Crippen molar-refractivity contribution < 1.29 is 19.0 Å². The van der Waals surface area contributed by atoms with E-state index in [0.717, 1.165) is 16.0 Å². The van der Waals surface area contributed by atoms with Crippen LogP contribution in [0, 0.1) is 0 Å². The first-order valence-electron chi connectivity index (χ1n) is 7.27. The van der Waals surface area contributed by atoms with Gasteiger partial charge in [-0.2, -0.15) is 5.48 Å². The van der Waals surface area contributed by atoms with Gasteiger partial charge in [0.05, 0.1) is 19.3 Å². The van der Waals surface area contributed by atoms with Crippen LogP contribution < -0.4 is 10.2 Å². The van der Waals surface area contributed by atoms with E-state index in [1.54, 1.807) is 11.3 Å². The third-order valence-electron chi connectivity index (χ3n) is 3.01. The summed E-state index contributed by atoms with van der Waals surface area (Å²) in [5.74, 6) is 0.799. The second kappa shape index (κ2) is 8.77. The summed E-state index contributed by atoms with van der Waals surface area (Å²) in [5, 5.41) is 10.1. The topological polar surface area (TPSA) is 60.0 Å².